The summed E-state index contributed by atoms with van der Waals surface area (Å²) in [6.07, 6.45) is 33.5. The van der Waals surface area contributed by atoms with E-state index >= 15 is 0 Å². The third-order valence-corrected chi connectivity index (χ3v) is 16.7. The number of hydrogen-bond donors (Lipinski definition) is 2. The highest BCUT2D eigenvalue weighted by Crippen LogP contribution is 2.65. The lowest BCUT2D eigenvalue weighted by Gasteiger charge is -2.42. The molecule has 0 bridgehead atoms. The van der Waals surface area contributed by atoms with E-state index in [4.69, 9.17) is 9.73 Å². The van der Waals surface area contributed by atoms with Crippen molar-refractivity contribution < 1.29 is 4.74 Å². The summed E-state index contributed by atoms with van der Waals surface area (Å²) in [6.45, 7) is 5.00. The van der Waals surface area contributed by atoms with Crippen molar-refractivity contribution in [1.82, 2.24) is 10.6 Å². The molecule has 1 spiro atoms. The summed E-state index contributed by atoms with van der Waals surface area (Å²) in [7, 11) is 0. The van der Waals surface area contributed by atoms with E-state index in [1.807, 2.05) is 0 Å². The van der Waals surface area contributed by atoms with Crippen molar-refractivity contribution in [3.05, 3.63) is 219 Å². The Balaban J connectivity index is 0.813. The fraction of sp³-hybridized carbons (Fsp3) is 0.317. The summed E-state index contributed by atoms with van der Waals surface area (Å²) in [4.78, 5) is 5.32. The van der Waals surface area contributed by atoms with Crippen LogP contribution in [0.2, 0.25) is 0 Å². The number of nitrogens with one attached hydrogen (secondary N) is 2. The molecule has 64 heavy (non-hydrogen) atoms. The number of para-hydroxylation sites is 1. The van der Waals surface area contributed by atoms with Crippen LogP contribution in [-0.4, -0.2) is 11.9 Å². The third kappa shape index (κ3) is 5.94. The molecule has 0 aromatic heterocycles. The van der Waals surface area contributed by atoms with E-state index in [1.165, 1.54) is 71.1 Å². The molecule has 1 fully saturated rings. The first-order valence-corrected chi connectivity index (χ1v) is 24.2. The molecular weight excluding hydrogens is 779 g/mol. The van der Waals surface area contributed by atoms with Gasteiger partial charge in [0.2, 0.25) is 0 Å². The van der Waals surface area contributed by atoms with Crippen LogP contribution in [-0.2, 0) is 5.41 Å². The van der Waals surface area contributed by atoms with Crippen LogP contribution < -0.4 is 15.4 Å². The number of nitrogens with zero attached hydrogens (tertiary/aromatic N) is 1. The van der Waals surface area contributed by atoms with Crippen molar-refractivity contribution in [2.75, 3.05) is 0 Å². The first kappa shape index (κ1) is 38.5. The molecule has 318 valence electrons. The lowest BCUT2D eigenvalue weighted by molar-refractivity contribution is 0.232. The molecule has 4 aromatic rings. The Bertz CT molecular complexity index is 2870. The van der Waals surface area contributed by atoms with Crippen molar-refractivity contribution in [3.8, 4) is 16.9 Å². The summed E-state index contributed by atoms with van der Waals surface area (Å²) in [5, 5.41) is 7.75. The quantitative estimate of drug-likeness (QED) is 0.211. The van der Waals surface area contributed by atoms with Crippen LogP contribution in [0.15, 0.2) is 196 Å². The predicted molar refractivity (Wildman–Crippen MR) is 260 cm³/mol. The minimum Gasteiger partial charge on any atom is -0.485 e. The molecule has 1 saturated carbocycles. The van der Waals surface area contributed by atoms with Crippen LogP contribution in [0.5, 0.6) is 5.75 Å². The van der Waals surface area contributed by atoms with Gasteiger partial charge in [0.1, 0.15) is 30.0 Å². The fourth-order valence-electron chi connectivity index (χ4n) is 13.5. The topological polar surface area (TPSA) is 45.7 Å². The molecule has 9 aliphatic rings. The number of benzene rings is 4. The summed E-state index contributed by atoms with van der Waals surface area (Å²) in [5.74, 6) is 3.39. The predicted octanol–water partition coefficient (Wildman–Crippen LogP) is 13.7. The molecule has 4 nitrogen and oxygen atoms in total. The van der Waals surface area contributed by atoms with Crippen molar-refractivity contribution in [2.45, 2.75) is 101 Å². The molecule has 13 rings (SSSR count). The SMILES string of the molecule is CC1(C)C2=CC3c4ccccc4C4(CCCCC4)C3C=C2C2=C1CCC(C1=CC3c4cccc(C5NC(C6C=CC=CC6)=NC(c6ccc(-c7ccccc7)cc6)N5)c4OC3C=C1)=C2. The van der Waals surface area contributed by atoms with Gasteiger partial charge in [0, 0.05) is 39.7 Å². The zero-order valence-corrected chi connectivity index (χ0v) is 37.1. The van der Waals surface area contributed by atoms with Gasteiger partial charge in [-0.25, -0.2) is 4.99 Å². The van der Waals surface area contributed by atoms with Crippen molar-refractivity contribution >= 4 is 5.84 Å². The summed E-state index contributed by atoms with van der Waals surface area (Å²) < 4.78 is 6.98. The molecule has 0 saturated heterocycles. The lowest BCUT2D eigenvalue weighted by Crippen LogP contribution is -2.47. The number of hydrogen-bond acceptors (Lipinski definition) is 4. The van der Waals surface area contributed by atoms with Gasteiger partial charge in [-0.3, -0.25) is 5.32 Å². The van der Waals surface area contributed by atoms with Gasteiger partial charge < -0.3 is 10.1 Å². The van der Waals surface area contributed by atoms with E-state index in [1.54, 1.807) is 22.3 Å². The van der Waals surface area contributed by atoms with Crippen LogP contribution in [0.1, 0.15) is 117 Å². The molecule has 7 unspecified atom stereocenters. The monoisotopic (exact) mass is 835 g/mol. The Morgan fingerprint density at radius 1 is 0.719 bits per heavy atom. The largest absolute Gasteiger partial charge is 0.485 e. The number of aliphatic imine (C=N–C) groups is 1. The van der Waals surface area contributed by atoms with Gasteiger partial charge in [-0.2, -0.15) is 0 Å². The molecule has 7 atom stereocenters. The molecular formula is C60H57N3O. The Labute approximate surface area is 378 Å². The zero-order valence-electron chi connectivity index (χ0n) is 37.1. The Morgan fingerprint density at radius 2 is 1.52 bits per heavy atom. The third-order valence-electron chi connectivity index (χ3n) is 16.7. The second-order valence-corrected chi connectivity index (χ2v) is 20.4. The highest BCUT2D eigenvalue weighted by Gasteiger charge is 2.54. The maximum absolute atomic E-state index is 6.98. The highest BCUT2D eigenvalue weighted by molar-refractivity contribution is 5.88. The number of ether oxygens (including phenoxy) is 1. The van der Waals surface area contributed by atoms with Crippen molar-refractivity contribution in [1.29, 1.82) is 0 Å². The number of fused-ring (bicyclic) bond motifs is 10. The van der Waals surface area contributed by atoms with Gasteiger partial charge >= 0.3 is 0 Å². The molecule has 2 N–H and O–H groups in total. The van der Waals surface area contributed by atoms with E-state index in [0.717, 1.165) is 42.0 Å². The first-order valence-electron chi connectivity index (χ1n) is 24.2. The van der Waals surface area contributed by atoms with Crippen LogP contribution in [0.4, 0.5) is 0 Å². The average molecular weight is 836 g/mol. The summed E-state index contributed by atoms with van der Waals surface area (Å²) in [6, 6.07) is 35.7. The molecule has 4 aromatic carbocycles. The Kier molecular flexibility index (Phi) is 8.89. The number of amidine groups is 1. The maximum atomic E-state index is 6.98. The van der Waals surface area contributed by atoms with Gasteiger partial charge in [-0.05, 0) is 99.8 Å². The fourth-order valence-corrected chi connectivity index (χ4v) is 13.5. The van der Waals surface area contributed by atoms with Crippen LogP contribution in [0.3, 0.4) is 0 Å². The normalized spacial score (nSPS) is 29.7. The smallest absolute Gasteiger partial charge is 0.130 e. The van der Waals surface area contributed by atoms with Crippen LogP contribution >= 0.6 is 0 Å². The van der Waals surface area contributed by atoms with Gasteiger partial charge in [0.15, 0.2) is 0 Å². The summed E-state index contributed by atoms with van der Waals surface area (Å²) in [5.41, 5.74) is 18.6. The Hall–Kier alpha value is -5.97. The minimum absolute atomic E-state index is 0.0306. The number of rotatable bonds is 5. The molecule has 7 aliphatic carbocycles. The maximum Gasteiger partial charge on any atom is 0.130 e. The second kappa shape index (κ2) is 14.8. The standard InChI is InChI=1S/C60H57N3O/c1-59(2)50-29-27-41(33-46(50)48-36-53-47(35-52(48)59)43-19-10-11-22-51(43)60(53)31-12-5-13-32-60)42-28-30-54-49(34-42)44-20-14-21-45(55(44)64-54)58-62-56(39-17-8-4-9-18-39)61-57(63-58)40-25-23-38(24-26-40)37-15-6-3-7-16-37/h3-4,6-11,14-17,19-26,28,30,33-36,39,47,49,53-54,57-58,63H,5,12-13,18,27,29,31-32H2,1-2H3,(H,61,62). The van der Waals surface area contributed by atoms with Crippen LogP contribution in [0, 0.1) is 17.3 Å². The zero-order chi connectivity index (χ0) is 42.6. The van der Waals surface area contributed by atoms with E-state index in [2.05, 4.69) is 182 Å². The van der Waals surface area contributed by atoms with E-state index < -0.39 is 0 Å². The van der Waals surface area contributed by atoms with Gasteiger partial charge in [-0.1, -0.05) is 190 Å². The molecule has 4 heteroatoms. The highest BCUT2D eigenvalue weighted by atomic mass is 16.5. The first-order chi connectivity index (χ1) is 31.4. The van der Waals surface area contributed by atoms with Gasteiger partial charge in [0.05, 0.1) is 0 Å². The number of allylic oxidation sites excluding steroid dienone is 13. The second-order valence-electron chi connectivity index (χ2n) is 20.4. The lowest BCUT2D eigenvalue weighted by atomic mass is 9.62. The molecule has 2 heterocycles. The van der Waals surface area contributed by atoms with Gasteiger partial charge in [-0.15, -0.1) is 0 Å². The van der Waals surface area contributed by atoms with E-state index in [-0.39, 0.29) is 41.1 Å². The molecule has 0 radical (unpaired) electrons. The molecule has 2 aliphatic heterocycles. The van der Waals surface area contributed by atoms with Crippen LogP contribution in [0.25, 0.3) is 11.1 Å². The van der Waals surface area contributed by atoms with E-state index in [9.17, 15) is 0 Å². The molecule has 0 amide bonds. The van der Waals surface area contributed by atoms with Crippen molar-refractivity contribution in [3.63, 3.8) is 0 Å². The van der Waals surface area contributed by atoms with Crippen molar-refractivity contribution in [2.24, 2.45) is 22.2 Å². The average Bonchev–Trinajstić information content (AvgIpc) is 3.94. The Morgan fingerprint density at radius 3 is 2.36 bits per heavy atom. The van der Waals surface area contributed by atoms with Gasteiger partial charge in [0.25, 0.3) is 0 Å². The van der Waals surface area contributed by atoms with E-state index in [0.29, 0.717) is 11.8 Å². The minimum atomic E-state index is -0.202. The summed E-state index contributed by atoms with van der Waals surface area (Å²) >= 11 is 0.